The first-order valence-corrected chi connectivity index (χ1v) is 7.39. The summed E-state index contributed by atoms with van der Waals surface area (Å²) in [5.74, 6) is 1.53. The first kappa shape index (κ1) is 15.7. The Labute approximate surface area is 132 Å². The number of halogens is 3. The van der Waals surface area contributed by atoms with Crippen LogP contribution in [-0.2, 0) is 19.1 Å². The van der Waals surface area contributed by atoms with Gasteiger partial charge in [0.25, 0.3) is 0 Å². The average Bonchev–Trinajstić information content (AvgIpc) is 2.99. The van der Waals surface area contributed by atoms with Crippen molar-refractivity contribution >= 4 is 0 Å². The molecule has 2 aromatic rings. The van der Waals surface area contributed by atoms with Crippen molar-refractivity contribution in [3.8, 4) is 11.5 Å². The Morgan fingerprint density at radius 3 is 2.35 bits per heavy atom. The van der Waals surface area contributed by atoms with E-state index in [9.17, 15) is 13.2 Å². The summed E-state index contributed by atoms with van der Waals surface area (Å²) in [6.07, 6.45) is -3.42. The molecule has 3 rings (SSSR count). The number of alkyl halides is 3. The van der Waals surface area contributed by atoms with Gasteiger partial charge in [0.15, 0.2) is 11.5 Å². The maximum absolute atomic E-state index is 12.5. The summed E-state index contributed by atoms with van der Waals surface area (Å²) < 4.78 is 48.0. The molecule has 122 valence electrons. The molecule has 0 atom stereocenters. The third kappa shape index (κ3) is 3.96. The molecule has 23 heavy (non-hydrogen) atoms. The minimum Gasteiger partial charge on any atom is -0.454 e. The highest BCUT2D eigenvalue weighted by Crippen LogP contribution is 2.32. The van der Waals surface area contributed by atoms with E-state index < -0.39 is 11.7 Å². The van der Waals surface area contributed by atoms with E-state index in [1.54, 1.807) is 0 Å². The summed E-state index contributed by atoms with van der Waals surface area (Å²) in [5, 5.41) is 2.08. The predicted octanol–water partition coefficient (Wildman–Crippen LogP) is 2.74. The lowest BCUT2D eigenvalue weighted by Gasteiger charge is -2.07. The summed E-state index contributed by atoms with van der Waals surface area (Å²) >= 11 is 0. The van der Waals surface area contributed by atoms with Gasteiger partial charge in [0.2, 0.25) is 6.79 Å². The quantitative estimate of drug-likeness (QED) is 0.859. The molecule has 0 unspecified atom stereocenters. The number of benzene rings is 2. The van der Waals surface area contributed by atoms with Crippen LogP contribution in [0.2, 0.25) is 0 Å². The first-order valence-electron chi connectivity index (χ1n) is 7.39. The number of quaternary nitrogens is 1. The van der Waals surface area contributed by atoms with E-state index in [0.717, 1.165) is 47.7 Å². The zero-order chi connectivity index (χ0) is 16.3. The Hall–Kier alpha value is -2.21. The van der Waals surface area contributed by atoms with Crippen LogP contribution in [0.5, 0.6) is 11.5 Å². The third-order valence-electron chi connectivity index (χ3n) is 3.74. The van der Waals surface area contributed by atoms with Crippen LogP contribution in [0.1, 0.15) is 16.7 Å². The monoisotopic (exact) mass is 324 g/mol. The molecule has 0 saturated heterocycles. The zero-order valence-corrected chi connectivity index (χ0v) is 12.4. The SMILES string of the molecule is FC(F)(F)c1ccc(C[NH2+]CCc2ccc3c(c2)OCO3)cc1. The van der Waals surface area contributed by atoms with Crippen molar-refractivity contribution in [2.75, 3.05) is 13.3 Å². The Morgan fingerprint density at radius 1 is 0.913 bits per heavy atom. The summed E-state index contributed by atoms with van der Waals surface area (Å²) in [4.78, 5) is 0. The largest absolute Gasteiger partial charge is 0.454 e. The van der Waals surface area contributed by atoms with E-state index in [0.29, 0.717) is 6.54 Å². The highest BCUT2D eigenvalue weighted by molar-refractivity contribution is 5.44. The fourth-order valence-corrected chi connectivity index (χ4v) is 2.46. The zero-order valence-electron chi connectivity index (χ0n) is 12.4. The second-order valence-electron chi connectivity index (χ2n) is 5.41. The number of hydrogen-bond donors (Lipinski definition) is 1. The van der Waals surface area contributed by atoms with Gasteiger partial charge in [0.1, 0.15) is 6.54 Å². The molecule has 0 spiro atoms. The van der Waals surface area contributed by atoms with Crippen molar-refractivity contribution in [1.29, 1.82) is 0 Å². The van der Waals surface area contributed by atoms with Gasteiger partial charge in [-0.1, -0.05) is 18.2 Å². The molecule has 0 bridgehead atoms. The summed E-state index contributed by atoms with van der Waals surface area (Å²) in [7, 11) is 0. The van der Waals surface area contributed by atoms with Gasteiger partial charge >= 0.3 is 6.18 Å². The van der Waals surface area contributed by atoms with Gasteiger partial charge in [-0.05, 0) is 29.8 Å². The fraction of sp³-hybridized carbons (Fsp3) is 0.294. The van der Waals surface area contributed by atoms with Crippen LogP contribution in [0, 0.1) is 0 Å². The Bertz CT molecular complexity index is 669. The van der Waals surface area contributed by atoms with Crippen molar-refractivity contribution in [2.45, 2.75) is 19.1 Å². The minimum atomic E-state index is -4.28. The molecule has 0 aliphatic carbocycles. The lowest BCUT2D eigenvalue weighted by molar-refractivity contribution is -0.670. The number of nitrogens with two attached hydrogens (primary N) is 1. The predicted molar refractivity (Wildman–Crippen MR) is 78.2 cm³/mol. The van der Waals surface area contributed by atoms with Crippen molar-refractivity contribution in [3.05, 3.63) is 59.2 Å². The maximum Gasteiger partial charge on any atom is 0.416 e. The highest BCUT2D eigenvalue weighted by atomic mass is 19.4. The summed E-state index contributed by atoms with van der Waals surface area (Å²) in [6.45, 7) is 1.77. The van der Waals surface area contributed by atoms with E-state index in [1.807, 2.05) is 18.2 Å². The van der Waals surface area contributed by atoms with Crippen LogP contribution in [0.25, 0.3) is 0 Å². The molecule has 6 heteroatoms. The van der Waals surface area contributed by atoms with Gasteiger partial charge in [-0.15, -0.1) is 0 Å². The number of rotatable bonds is 5. The molecule has 1 heterocycles. The van der Waals surface area contributed by atoms with Gasteiger partial charge in [-0.3, -0.25) is 0 Å². The van der Waals surface area contributed by atoms with Crippen molar-refractivity contribution < 1.29 is 28.0 Å². The summed E-state index contributed by atoms with van der Waals surface area (Å²) in [5.41, 5.74) is 1.42. The van der Waals surface area contributed by atoms with E-state index in [1.165, 1.54) is 12.1 Å². The van der Waals surface area contributed by atoms with Crippen LogP contribution in [0.3, 0.4) is 0 Å². The second-order valence-corrected chi connectivity index (χ2v) is 5.41. The van der Waals surface area contributed by atoms with Crippen LogP contribution >= 0.6 is 0 Å². The molecule has 0 saturated carbocycles. The third-order valence-corrected chi connectivity index (χ3v) is 3.74. The summed E-state index contributed by atoms with van der Waals surface area (Å²) in [6, 6.07) is 11.2. The van der Waals surface area contributed by atoms with Gasteiger partial charge in [0, 0.05) is 12.0 Å². The second kappa shape index (κ2) is 6.50. The lowest BCUT2D eigenvalue weighted by atomic mass is 10.1. The maximum atomic E-state index is 12.5. The van der Waals surface area contributed by atoms with Gasteiger partial charge in [0.05, 0.1) is 12.1 Å². The molecular weight excluding hydrogens is 307 g/mol. The highest BCUT2D eigenvalue weighted by Gasteiger charge is 2.29. The van der Waals surface area contributed by atoms with Gasteiger partial charge in [-0.25, -0.2) is 0 Å². The number of ether oxygens (including phenoxy) is 2. The van der Waals surface area contributed by atoms with Gasteiger partial charge in [-0.2, -0.15) is 13.2 Å². The first-order chi connectivity index (χ1) is 11.0. The van der Waals surface area contributed by atoms with Crippen LogP contribution < -0.4 is 14.8 Å². The molecule has 0 aromatic heterocycles. The molecule has 0 radical (unpaired) electrons. The molecule has 2 aromatic carbocycles. The minimum absolute atomic E-state index is 0.263. The van der Waals surface area contributed by atoms with Crippen molar-refractivity contribution in [3.63, 3.8) is 0 Å². The Morgan fingerprint density at radius 2 is 1.61 bits per heavy atom. The van der Waals surface area contributed by atoms with E-state index in [4.69, 9.17) is 9.47 Å². The molecule has 0 amide bonds. The molecule has 3 nitrogen and oxygen atoms in total. The number of hydrogen-bond acceptors (Lipinski definition) is 2. The van der Waals surface area contributed by atoms with Crippen LogP contribution in [-0.4, -0.2) is 13.3 Å². The molecule has 1 aliphatic rings. The average molecular weight is 324 g/mol. The van der Waals surface area contributed by atoms with E-state index in [-0.39, 0.29) is 6.79 Å². The normalized spacial score (nSPS) is 13.3. The Kier molecular flexibility index (Phi) is 4.43. The molecule has 2 N–H and O–H groups in total. The Balaban J connectivity index is 1.46. The van der Waals surface area contributed by atoms with E-state index >= 15 is 0 Å². The molecular formula is C17H17F3NO2+. The van der Waals surface area contributed by atoms with Gasteiger partial charge < -0.3 is 14.8 Å². The molecule has 1 aliphatic heterocycles. The topological polar surface area (TPSA) is 35.1 Å². The van der Waals surface area contributed by atoms with Crippen molar-refractivity contribution in [2.24, 2.45) is 0 Å². The van der Waals surface area contributed by atoms with Crippen molar-refractivity contribution in [1.82, 2.24) is 0 Å². The number of fused-ring (bicyclic) bond motifs is 1. The molecule has 0 fully saturated rings. The standard InChI is InChI=1S/C17H16F3NO2/c18-17(19,20)14-4-1-13(2-5-14)10-21-8-7-12-3-6-15-16(9-12)23-11-22-15/h1-6,9,21H,7-8,10-11H2/p+1. The van der Waals surface area contributed by atoms with E-state index in [2.05, 4.69) is 5.32 Å². The lowest BCUT2D eigenvalue weighted by Crippen LogP contribution is -2.83. The smallest absolute Gasteiger partial charge is 0.416 e. The van der Waals surface area contributed by atoms with Crippen LogP contribution in [0.15, 0.2) is 42.5 Å². The fourth-order valence-electron chi connectivity index (χ4n) is 2.46. The van der Waals surface area contributed by atoms with Crippen LogP contribution in [0.4, 0.5) is 13.2 Å².